The van der Waals surface area contributed by atoms with E-state index in [0.717, 1.165) is 39.5 Å². The first-order valence-electron chi connectivity index (χ1n) is 11.0. The maximum absolute atomic E-state index is 12.6. The topological polar surface area (TPSA) is 94.5 Å². The average molecular weight is 452 g/mol. The summed E-state index contributed by atoms with van der Waals surface area (Å²) < 4.78 is 17.1. The second-order valence-electron chi connectivity index (χ2n) is 9.31. The Morgan fingerprint density at radius 3 is 2.66 bits per heavy atom. The number of aliphatic hydroxyl groups is 1. The summed E-state index contributed by atoms with van der Waals surface area (Å²) in [6.45, 7) is 4.81. The normalized spacial score (nSPS) is 19.7. The lowest BCUT2D eigenvalue weighted by atomic mass is 9.98. The Hall–Kier alpha value is -2.55. The van der Waals surface area contributed by atoms with E-state index in [1.165, 1.54) is 12.8 Å². The second-order valence-corrected chi connectivity index (χ2v) is 11.9. The van der Waals surface area contributed by atoms with Gasteiger partial charge in [-0.25, -0.2) is 9.19 Å². The Morgan fingerprint density at radius 2 is 2.00 bits per heavy atom. The van der Waals surface area contributed by atoms with Crippen LogP contribution in [-0.2, 0) is 16.3 Å². The number of imidazole rings is 1. The third-order valence-corrected chi connectivity index (χ3v) is 6.99. The Kier molecular flexibility index (Phi) is 5.19. The van der Waals surface area contributed by atoms with E-state index in [0.29, 0.717) is 24.2 Å². The predicted octanol–water partition coefficient (Wildman–Crippen LogP) is 4.41. The maximum atomic E-state index is 12.6. The van der Waals surface area contributed by atoms with Crippen molar-refractivity contribution in [3.8, 4) is 22.6 Å². The predicted molar refractivity (Wildman–Crippen MR) is 127 cm³/mol. The van der Waals surface area contributed by atoms with Crippen LogP contribution in [0.3, 0.4) is 0 Å². The van der Waals surface area contributed by atoms with Crippen LogP contribution in [0.1, 0.15) is 42.8 Å². The van der Waals surface area contributed by atoms with Gasteiger partial charge in [-0.05, 0) is 73.6 Å². The number of aryl methyl sites for hydroxylation is 1. The molecule has 0 saturated heterocycles. The van der Waals surface area contributed by atoms with Gasteiger partial charge >= 0.3 is 0 Å². The van der Waals surface area contributed by atoms with E-state index in [4.69, 9.17) is 0 Å². The minimum absolute atomic E-state index is 0.302. The molecule has 2 aromatic heterocycles. The molecule has 1 unspecified atom stereocenters. The van der Waals surface area contributed by atoms with Gasteiger partial charge in [0.15, 0.2) is 5.82 Å². The molecule has 3 aromatic rings. The highest BCUT2D eigenvalue weighted by Gasteiger charge is 2.40. The number of nitrogens with zero attached hydrogens (tertiary/aromatic N) is 4. The number of fused-ring (bicyclic) bond motifs is 1. The van der Waals surface area contributed by atoms with Crippen molar-refractivity contribution >= 4 is 15.4 Å². The molecule has 1 fully saturated rings. The monoisotopic (exact) mass is 451 g/mol. The van der Waals surface area contributed by atoms with E-state index in [9.17, 15) is 9.32 Å². The van der Waals surface area contributed by atoms with Gasteiger partial charge in [0.25, 0.3) is 0 Å². The van der Waals surface area contributed by atoms with Crippen molar-refractivity contribution in [3.63, 3.8) is 0 Å². The minimum atomic E-state index is -2.39. The number of aliphatic hydroxyl groups excluding tert-OH is 1. The van der Waals surface area contributed by atoms with E-state index >= 15 is 0 Å². The van der Waals surface area contributed by atoms with Crippen molar-refractivity contribution in [2.75, 3.05) is 12.5 Å². The SMILES string of the molecule is Cc1cnc(-c2cc(-c3cc4c(c(N=S(C)(C)=O)c3)C(O)N([C@@H](C)C3CC3)C4)ccn2)[nH]1. The zero-order chi connectivity index (χ0) is 22.6. The zero-order valence-electron chi connectivity index (χ0n) is 18.9. The van der Waals surface area contributed by atoms with E-state index in [1.54, 1.807) is 24.9 Å². The van der Waals surface area contributed by atoms with Crippen LogP contribution >= 0.6 is 0 Å². The Balaban J connectivity index is 1.61. The molecule has 1 aliphatic carbocycles. The van der Waals surface area contributed by atoms with Gasteiger partial charge in [0, 0.05) is 58.5 Å². The fraction of sp³-hybridized carbons (Fsp3) is 0.417. The smallest absolute Gasteiger partial charge is 0.156 e. The quantitative estimate of drug-likeness (QED) is 0.599. The molecule has 2 N–H and O–H groups in total. The summed E-state index contributed by atoms with van der Waals surface area (Å²) >= 11 is 0. The van der Waals surface area contributed by atoms with Gasteiger partial charge in [0.05, 0.1) is 5.69 Å². The molecular formula is C24H29N5O2S. The van der Waals surface area contributed by atoms with Gasteiger partial charge in [-0.1, -0.05) is 0 Å². The standard InChI is InChI=1S/C24H29N5O2S/c1-14-12-26-23(27-14)21-10-17(7-8-25-21)18-9-19-13-29(15(2)16-5-6-16)24(30)22(19)20(11-18)28-32(3,4)31/h7-12,15-16,24,30H,5-6,13H2,1-4H3,(H,26,27)/t15-,24?/m0/s1. The Morgan fingerprint density at radius 1 is 1.22 bits per heavy atom. The summed E-state index contributed by atoms with van der Waals surface area (Å²) in [5, 5.41) is 11.2. The number of hydrogen-bond donors (Lipinski definition) is 2. The van der Waals surface area contributed by atoms with Gasteiger partial charge in [0.1, 0.15) is 11.9 Å². The molecule has 5 rings (SSSR count). The van der Waals surface area contributed by atoms with Crippen molar-refractivity contribution < 1.29 is 9.32 Å². The van der Waals surface area contributed by atoms with Gasteiger partial charge in [-0.3, -0.25) is 9.88 Å². The fourth-order valence-corrected chi connectivity index (χ4v) is 5.18. The molecule has 0 bridgehead atoms. The molecule has 1 saturated carbocycles. The summed E-state index contributed by atoms with van der Waals surface area (Å²) in [6.07, 6.45) is 8.51. The van der Waals surface area contributed by atoms with Gasteiger partial charge < -0.3 is 10.1 Å². The van der Waals surface area contributed by atoms with E-state index in [2.05, 4.69) is 37.2 Å². The van der Waals surface area contributed by atoms with Crippen molar-refractivity contribution in [2.45, 2.75) is 45.5 Å². The minimum Gasteiger partial charge on any atom is -0.374 e. The summed E-state index contributed by atoms with van der Waals surface area (Å²) in [5.74, 6) is 1.36. The molecular weight excluding hydrogens is 422 g/mol. The summed E-state index contributed by atoms with van der Waals surface area (Å²) in [5.41, 5.74) is 6.11. The van der Waals surface area contributed by atoms with Crippen molar-refractivity contribution in [1.82, 2.24) is 19.9 Å². The lowest BCUT2D eigenvalue weighted by Gasteiger charge is -2.27. The van der Waals surface area contributed by atoms with E-state index in [-0.39, 0.29) is 0 Å². The Labute approximate surface area is 189 Å². The second kappa shape index (κ2) is 7.79. The highest BCUT2D eigenvalue weighted by molar-refractivity contribution is 7.92. The molecule has 8 heteroatoms. The molecule has 168 valence electrons. The van der Waals surface area contributed by atoms with E-state index < -0.39 is 16.0 Å². The zero-order valence-corrected chi connectivity index (χ0v) is 19.7. The summed E-state index contributed by atoms with van der Waals surface area (Å²) in [7, 11) is -2.39. The molecule has 3 heterocycles. The fourth-order valence-electron chi connectivity index (χ4n) is 4.55. The van der Waals surface area contributed by atoms with Crippen molar-refractivity contribution in [1.29, 1.82) is 0 Å². The largest absolute Gasteiger partial charge is 0.374 e. The number of aromatic nitrogens is 3. The molecule has 1 aliphatic heterocycles. The van der Waals surface area contributed by atoms with Crippen LogP contribution in [0.4, 0.5) is 5.69 Å². The van der Waals surface area contributed by atoms with Crippen LogP contribution in [0.2, 0.25) is 0 Å². The number of rotatable bonds is 5. The van der Waals surface area contributed by atoms with Gasteiger partial charge in [0.2, 0.25) is 0 Å². The first kappa shape index (κ1) is 21.3. The van der Waals surface area contributed by atoms with Crippen molar-refractivity contribution in [3.05, 3.63) is 53.5 Å². The first-order chi connectivity index (χ1) is 15.2. The third-order valence-electron chi connectivity index (χ3n) is 6.35. The number of benzene rings is 1. The summed E-state index contributed by atoms with van der Waals surface area (Å²) in [6, 6.07) is 8.31. The number of aromatic amines is 1. The number of nitrogens with one attached hydrogen (secondary N) is 1. The Bertz CT molecular complexity index is 1300. The molecule has 7 nitrogen and oxygen atoms in total. The molecule has 2 atom stereocenters. The van der Waals surface area contributed by atoms with Crippen LogP contribution in [0, 0.1) is 12.8 Å². The lowest BCUT2D eigenvalue weighted by molar-refractivity contribution is -0.0176. The molecule has 1 aromatic carbocycles. The van der Waals surface area contributed by atoms with Crippen LogP contribution in [0.5, 0.6) is 0 Å². The van der Waals surface area contributed by atoms with Crippen LogP contribution in [0.15, 0.2) is 41.0 Å². The molecule has 2 aliphatic rings. The number of H-pyrrole nitrogens is 1. The average Bonchev–Trinajstić information content (AvgIpc) is 3.41. The molecule has 0 amide bonds. The van der Waals surface area contributed by atoms with Crippen LogP contribution in [-0.4, -0.2) is 47.7 Å². The lowest BCUT2D eigenvalue weighted by Crippen LogP contribution is -2.33. The number of pyridine rings is 1. The van der Waals surface area contributed by atoms with Crippen molar-refractivity contribution in [2.24, 2.45) is 10.3 Å². The molecule has 32 heavy (non-hydrogen) atoms. The van der Waals surface area contributed by atoms with E-state index in [1.807, 2.05) is 25.1 Å². The van der Waals surface area contributed by atoms with Crippen LogP contribution in [0.25, 0.3) is 22.6 Å². The molecule has 0 radical (unpaired) electrons. The highest BCUT2D eigenvalue weighted by Crippen LogP contribution is 2.46. The number of hydrogen-bond acceptors (Lipinski definition) is 6. The van der Waals surface area contributed by atoms with Gasteiger partial charge in [-0.2, -0.15) is 4.36 Å². The van der Waals surface area contributed by atoms with Gasteiger partial charge in [-0.15, -0.1) is 0 Å². The summed E-state index contributed by atoms with van der Waals surface area (Å²) in [4.78, 5) is 14.2. The van der Waals surface area contributed by atoms with Crippen LogP contribution < -0.4 is 0 Å². The first-order valence-corrected chi connectivity index (χ1v) is 13.3. The molecule has 0 spiro atoms. The highest BCUT2D eigenvalue weighted by atomic mass is 32.2. The maximum Gasteiger partial charge on any atom is 0.156 e. The third kappa shape index (κ3) is 4.10.